The van der Waals surface area contributed by atoms with Gasteiger partial charge in [-0.15, -0.1) is 0 Å². The summed E-state index contributed by atoms with van der Waals surface area (Å²) in [4.78, 5) is 4.85. The third-order valence-electron chi connectivity index (χ3n) is 2.26. The zero-order valence-electron chi connectivity index (χ0n) is 10.9. The molecule has 0 saturated heterocycles. The highest BCUT2D eigenvalue weighted by Crippen LogP contribution is 2.14. The Labute approximate surface area is 119 Å². The maximum absolute atomic E-state index is 10.5. The van der Waals surface area contributed by atoms with Crippen LogP contribution in [0.25, 0.3) is 5.57 Å². The first-order chi connectivity index (χ1) is 9.53. The lowest BCUT2D eigenvalue weighted by atomic mass is 10.1. The van der Waals surface area contributed by atoms with Gasteiger partial charge in [-0.2, -0.15) is 8.42 Å². The lowest BCUT2D eigenvalue weighted by Crippen LogP contribution is -2.15. The van der Waals surface area contributed by atoms with Crippen molar-refractivity contribution in [2.75, 3.05) is 12.4 Å². The van der Waals surface area contributed by atoms with Crippen molar-refractivity contribution in [1.29, 1.82) is 0 Å². The van der Waals surface area contributed by atoms with Crippen LogP contribution in [0.2, 0.25) is 0 Å². The number of allylic oxidation sites excluding steroid dienone is 4. The van der Waals surface area contributed by atoms with Crippen molar-refractivity contribution < 1.29 is 17.8 Å². The van der Waals surface area contributed by atoms with E-state index in [-0.39, 0.29) is 6.61 Å². The Morgan fingerprint density at radius 3 is 2.65 bits per heavy atom. The first-order valence-electron chi connectivity index (χ1n) is 5.90. The van der Waals surface area contributed by atoms with E-state index in [9.17, 15) is 8.42 Å². The summed E-state index contributed by atoms with van der Waals surface area (Å²) in [6, 6.07) is 9.69. The van der Waals surface area contributed by atoms with Gasteiger partial charge in [-0.3, -0.25) is 14.9 Å². The van der Waals surface area contributed by atoms with Gasteiger partial charge in [-0.05, 0) is 17.2 Å². The third-order valence-corrected chi connectivity index (χ3v) is 2.94. The largest absolute Gasteiger partial charge is 0.285 e. The summed E-state index contributed by atoms with van der Waals surface area (Å²) in [5, 5.41) is 0. The third kappa shape index (κ3) is 6.89. The Balaban J connectivity index is 2.50. The number of hydroxylamine groups is 1. The van der Waals surface area contributed by atoms with Gasteiger partial charge < -0.3 is 0 Å². The highest BCUT2D eigenvalue weighted by molar-refractivity contribution is 7.85. The Kier molecular flexibility index (Phi) is 6.72. The van der Waals surface area contributed by atoms with Crippen molar-refractivity contribution in [3.8, 4) is 0 Å². The van der Waals surface area contributed by atoms with Crippen molar-refractivity contribution in [2.45, 2.75) is 0 Å². The molecular weight excluding hydrogens is 278 g/mol. The molecule has 5 nitrogen and oxygen atoms in total. The zero-order chi connectivity index (χ0) is 14.8. The first kappa shape index (κ1) is 16.2. The molecule has 0 bridgehead atoms. The second-order valence-electron chi connectivity index (χ2n) is 3.81. The molecule has 2 N–H and O–H groups in total. The summed E-state index contributed by atoms with van der Waals surface area (Å²) < 4.78 is 29.4. The van der Waals surface area contributed by atoms with E-state index in [1.807, 2.05) is 36.4 Å². The summed E-state index contributed by atoms with van der Waals surface area (Å²) in [7, 11) is -3.99. The second kappa shape index (κ2) is 8.31. The molecule has 0 saturated carbocycles. The van der Waals surface area contributed by atoms with Gasteiger partial charge >= 0.3 is 0 Å². The van der Waals surface area contributed by atoms with Crippen LogP contribution in [0.5, 0.6) is 0 Å². The van der Waals surface area contributed by atoms with Gasteiger partial charge in [-0.1, -0.05) is 49.1 Å². The molecule has 0 aliphatic rings. The minimum atomic E-state index is -3.99. The summed E-state index contributed by atoms with van der Waals surface area (Å²) >= 11 is 0. The van der Waals surface area contributed by atoms with Crippen LogP contribution in [0.15, 0.2) is 61.3 Å². The molecule has 0 aliphatic heterocycles. The standard InChI is InChI=1S/C14H17NO4S/c1-2-6-13(14-7-4-3-5-8-14)9-10-15-19-11-12-20(16,17)18/h2-10,15H,1,11-12H2,(H,16,17,18)/b10-9-,13-6+. The fourth-order valence-corrected chi connectivity index (χ4v) is 1.68. The quantitative estimate of drug-likeness (QED) is 0.333. The van der Waals surface area contributed by atoms with Crippen molar-refractivity contribution >= 4 is 15.7 Å². The van der Waals surface area contributed by atoms with E-state index in [1.165, 1.54) is 6.20 Å². The molecule has 0 radical (unpaired) electrons. The molecule has 1 aromatic carbocycles. The Hall–Kier alpha value is -1.89. The number of hydrogen-bond donors (Lipinski definition) is 2. The topological polar surface area (TPSA) is 75.6 Å². The molecular formula is C14H17NO4S. The average Bonchev–Trinajstić information content (AvgIpc) is 2.41. The number of benzene rings is 1. The minimum absolute atomic E-state index is 0.144. The number of rotatable bonds is 8. The van der Waals surface area contributed by atoms with Gasteiger partial charge in [0.05, 0.1) is 6.61 Å². The predicted molar refractivity (Wildman–Crippen MR) is 79.3 cm³/mol. The SMILES string of the molecule is C=C/C=C(\C=C/NOCCS(=O)(=O)O)c1ccccc1. The van der Waals surface area contributed by atoms with Crippen LogP contribution >= 0.6 is 0 Å². The molecule has 0 spiro atoms. The van der Waals surface area contributed by atoms with Crippen LogP contribution in [0.3, 0.4) is 0 Å². The second-order valence-corrected chi connectivity index (χ2v) is 5.38. The highest BCUT2D eigenvalue weighted by Gasteiger charge is 2.02. The van der Waals surface area contributed by atoms with Crippen molar-refractivity contribution in [1.82, 2.24) is 5.48 Å². The number of nitrogens with one attached hydrogen (secondary N) is 1. The first-order valence-corrected chi connectivity index (χ1v) is 7.51. The van der Waals surface area contributed by atoms with E-state index in [0.717, 1.165) is 11.1 Å². The molecule has 1 rings (SSSR count). The van der Waals surface area contributed by atoms with Crippen LogP contribution in [0.1, 0.15) is 5.56 Å². The highest BCUT2D eigenvalue weighted by atomic mass is 32.2. The lowest BCUT2D eigenvalue weighted by Gasteiger charge is -2.03. The van der Waals surface area contributed by atoms with Gasteiger partial charge in [0.25, 0.3) is 10.1 Å². The molecule has 0 fully saturated rings. The zero-order valence-corrected chi connectivity index (χ0v) is 11.7. The Bertz CT molecular complexity index is 576. The molecule has 1 aromatic rings. The van der Waals surface area contributed by atoms with Crippen LogP contribution in [-0.2, 0) is 15.0 Å². The molecule has 0 amide bonds. The fourth-order valence-electron chi connectivity index (χ4n) is 1.38. The van der Waals surface area contributed by atoms with Crippen LogP contribution < -0.4 is 5.48 Å². The predicted octanol–water partition coefficient (Wildman–Crippen LogP) is 2.18. The van der Waals surface area contributed by atoms with E-state index in [1.54, 1.807) is 12.2 Å². The van der Waals surface area contributed by atoms with E-state index in [4.69, 9.17) is 9.39 Å². The average molecular weight is 295 g/mol. The molecule has 6 heteroatoms. The smallest absolute Gasteiger partial charge is 0.267 e. The van der Waals surface area contributed by atoms with Gasteiger partial charge in [0.2, 0.25) is 0 Å². The summed E-state index contributed by atoms with van der Waals surface area (Å²) in [6.07, 6.45) is 6.81. The monoisotopic (exact) mass is 295 g/mol. The molecule has 0 aliphatic carbocycles. The molecule has 0 aromatic heterocycles. The molecule has 108 valence electrons. The van der Waals surface area contributed by atoms with Crippen LogP contribution in [0, 0.1) is 0 Å². The van der Waals surface area contributed by atoms with Gasteiger partial charge in [0.1, 0.15) is 5.75 Å². The maximum Gasteiger partial charge on any atom is 0.267 e. The number of hydrogen-bond acceptors (Lipinski definition) is 4. The normalized spacial score (nSPS) is 12.6. The van der Waals surface area contributed by atoms with Crippen molar-refractivity contribution in [3.05, 3.63) is 66.9 Å². The van der Waals surface area contributed by atoms with Crippen LogP contribution in [-0.4, -0.2) is 25.3 Å². The maximum atomic E-state index is 10.5. The minimum Gasteiger partial charge on any atom is -0.285 e. The summed E-state index contributed by atoms with van der Waals surface area (Å²) in [5.74, 6) is -0.456. The van der Waals surface area contributed by atoms with Crippen molar-refractivity contribution in [3.63, 3.8) is 0 Å². The van der Waals surface area contributed by atoms with Crippen LogP contribution in [0.4, 0.5) is 0 Å². The van der Waals surface area contributed by atoms with E-state index in [2.05, 4.69) is 12.1 Å². The molecule has 0 unspecified atom stereocenters. The molecule has 20 heavy (non-hydrogen) atoms. The molecule has 0 atom stereocenters. The van der Waals surface area contributed by atoms with E-state index in [0.29, 0.717) is 0 Å². The lowest BCUT2D eigenvalue weighted by molar-refractivity contribution is 0.0832. The van der Waals surface area contributed by atoms with Gasteiger partial charge in [-0.25, -0.2) is 0 Å². The van der Waals surface area contributed by atoms with E-state index < -0.39 is 15.9 Å². The summed E-state index contributed by atoms with van der Waals surface area (Å²) in [6.45, 7) is 3.51. The van der Waals surface area contributed by atoms with Crippen molar-refractivity contribution in [2.24, 2.45) is 0 Å². The van der Waals surface area contributed by atoms with Gasteiger partial charge in [0, 0.05) is 6.20 Å². The molecule has 0 heterocycles. The summed E-state index contributed by atoms with van der Waals surface area (Å²) in [5.41, 5.74) is 4.43. The van der Waals surface area contributed by atoms with Gasteiger partial charge in [0.15, 0.2) is 0 Å². The Morgan fingerprint density at radius 1 is 1.35 bits per heavy atom. The van der Waals surface area contributed by atoms with E-state index >= 15 is 0 Å². The fraction of sp³-hybridized carbons (Fsp3) is 0.143. The Morgan fingerprint density at radius 2 is 2.05 bits per heavy atom.